The summed E-state index contributed by atoms with van der Waals surface area (Å²) < 4.78 is 28.6. The molecule has 1 unspecified atom stereocenters. The number of carbonyl (C=O) groups excluding carboxylic acids is 1. The zero-order chi connectivity index (χ0) is 21.0. The molecule has 148 valence electrons. The average molecular weight is 434 g/mol. The van der Waals surface area contributed by atoms with E-state index >= 15 is 0 Å². The summed E-state index contributed by atoms with van der Waals surface area (Å²) in [7, 11) is 0. The lowest BCUT2D eigenvalue weighted by Gasteiger charge is -2.13. The fourth-order valence-corrected chi connectivity index (χ4v) is 3.39. The van der Waals surface area contributed by atoms with Gasteiger partial charge in [0.25, 0.3) is 0 Å². The van der Waals surface area contributed by atoms with E-state index in [9.17, 15) is 18.8 Å². The van der Waals surface area contributed by atoms with Crippen LogP contribution >= 0.6 is 23.4 Å². The second-order valence-corrected chi connectivity index (χ2v) is 7.35. The lowest BCUT2D eigenvalue weighted by atomic mass is 10.1. The first-order chi connectivity index (χ1) is 13.9. The van der Waals surface area contributed by atoms with Crippen molar-refractivity contribution < 1.29 is 13.6 Å². The first-order valence-corrected chi connectivity index (χ1v) is 9.68. The minimum Gasteiger partial charge on any atom is -0.336 e. The van der Waals surface area contributed by atoms with Gasteiger partial charge in [0.05, 0.1) is 17.5 Å². The van der Waals surface area contributed by atoms with Crippen molar-refractivity contribution in [2.24, 2.45) is 0 Å². The first-order valence-electron chi connectivity index (χ1n) is 8.32. The maximum absolute atomic E-state index is 13.9. The van der Waals surface area contributed by atoms with Gasteiger partial charge in [0.1, 0.15) is 24.0 Å². The quantitative estimate of drug-likeness (QED) is 0.594. The van der Waals surface area contributed by atoms with Gasteiger partial charge < -0.3 is 5.32 Å². The Morgan fingerprint density at radius 3 is 2.83 bits per heavy atom. The molecule has 0 spiro atoms. The molecule has 0 aliphatic carbocycles. The van der Waals surface area contributed by atoms with Gasteiger partial charge in [-0.1, -0.05) is 35.5 Å². The maximum Gasteiger partial charge on any atom is 0.231 e. The summed E-state index contributed by atoms with van der Waals surface area (Å²) in [6.07, 6.45) is 1.49. The highest BCUT2D eigenvalue weighted by Crippen LogP contribution is 2.24. The summed E-state index contributed by atoms with van der Waals surface area (Å²) in [4.78, 5) is 12.2. The summed E-state index contributed by atoms with van der Waals surface area (Å²) in [5, 5.41) is 20.5. The highest BCUT2D eigenvalue weighted by atomic mass is 35.5. The van der Waals surface area contributed by atoms with E-state index in [-0.39, 0.29) is 11.3 Å². The van der Waals surface area contributed by atoms with E-state index in [1.165, 1.54) is 6.33 Å². The molecule has 1 aromatic heterocycles. The Morgan fingerprint density at radius 1 is 1.34 bits per heavy atom. The van der Waals surface area contributed by atoms with Crippen LogP contribution in [0.15, 0.2) is 47.9 Å². The third kappa shape index (κ3) is 4.91. The number of aryl methyl sites for hydroxylation is 1. The number of nitriles is 1. The van der Waals surface area contributed by atoms with Gasteiger partial charge in [-0.05, 0) is 30.7 Å². The molecule has 1 atom stereocenters. The minimum absolute atomic E-state index is 0.0840. The van der Waals surface area contributed by atoms with Gasteiger partial charge >= 0.3 is 0 Å². The number of rotatable bonds is 6. The van der Waals surface area contributed by atoms with E-state index < -0.39 is 23.6 Å². The average Bonchev–Trinajstić information content (AvgIpc) is 3.16. The number of amides is 1. The van der Waals surface area contributed by atoms with Crippen LogP contribution in [-0.2, 0) is 4.79 Å². The van der Waals surface area contributed by atoms with Crippen LogP contribution in [0.25, 0.3) is 5.69 Å². The van der Waals surface area contributed by atoms with Crippen LogP contribution in [0.3, 0.4) is 0 Å². The zero-order valence-corrected chi connectivity index (χ0v) is 16.6. The Balaban J connectivity index is 1.67. The summed E-state index contributed by atoms with van der Waals surface area (Å²) in [6, 6.07) is 8.84. The molecule has 0 bridgehead atoms. The van der Waals surface area contributed by atoms with Crippen molar-refractivity contribution in [1.29, 1.82) is 5.26 Å². The number of thioether (sulfide) groups is 1. The lowest BCUT2D eigenvalue weighted by molar-refractivity contribution is -0.118. The molecule has 2 aromatic carbocycles. The number of hydrogen-bond donors (Lipinski definition) is 1. The largest absolute Gasteiger partial charge is 0.336 e. The molecular formula is C19H14ClF2N5OS. The Morgan fingerprint density at radius 2 is 2.14 bits per heavy atom. The number of halogens is 3. The molecule has 3 aromatic rings. The summed E-state index contributed by atoms with van der Waals surface area (Å²) in [6.45, 7) is 1.88. The molecule has 1 amide bonds. The van der Waals surface area contributed by atoms with Crippen molar-refractivity contribution in [3.05, 3.63) is 70.5 Å². The number of nitrogens with one attached hydrogen (secondary N) is 1. The van der Waals surface area contributed by atoms with Gasteiger partial charge in [-0.3, -0.25) is 9.36 Å². The molecule has 29 heavy (non-hydrogen) atoms. The summed E-state index contributed by atoms with van der Waals surface area (Å²) in [5.41, 5.74) is 1.55. The fourth-order valence-electron chi connectivity index (χ4n) is 2.48. The van der Waals surface area contributed by atoms with Crippen molar-refractivity contribution in [3.8, 4) is 11.8 Å². The van der Waals surface area contributed by atoms with Crippen molar-refractivity contribution in [1.82, 2.24) is 20.1 Å². The second kappa shape index (κ2) is 9.03. The molecule has 0 radical (unpaired) electrons. The maximum atomic E-state index is 13.9. The van der Waals surface area contributed by atoms with Gasteiger partial charge in [-0.25, -0.2) is 8.78 Å². The van der Waals surface area contributed by atoms with Crippen LogP contribution in [-0.4, -0.2) is 26.4 Å². The zero-order valence-electron chi connectivity index (χ0n) is 15.1. The van der Waals surface area contributed by atoms with Gasteiger partial charge in [-0.15, -0.1) is 10.2 Å². The SMILES string of the molecule is Cc1ccc(-n2cnnc2SCC(=O)NC(C#N)c2ccc(F)cc2F)cc1Cl. The Kier molecular flexibility index (Phi) is 6.46. The van der Waals surface area contributed by atoms with Gasteiger partial charge in [0.2, 0.25) is 5.91 Å². The van der Waals surface area contributed by atoms with Gasteiger partial charge in [0, 0.05) is 16.7 Å². The highest BCUT2D eigenvalue weighted by Gasteiger charge is 2.19. The van der Waals surface area contributed by atoms with E-state index in [1.807, 2.05) is 19.1 Å². The molecule has 0 saturated carbocycles. The smallest absolute Gasteiger partial charge is 0.231 e. The number of aromatic nitrogens is 3. The van der Waals surface area contributed by atoms with Gasteiger partial charge in [-0.2, -0.15) is 5.26 Å². The van der Waals surface area contributed by atoms with Crippen molar-refractivity contribution in [2.45, 2.75) is 18.1 Å². The van der Waals surface area contributed by atoms with Crippen molar-refractivity contribution in [2.75, 3.05) is 5.75 Å². The van der Waals surface area contributed by atoms with E-state index in [4.69, 9.17) is 11.6 Å². The highest BCUT2D eigenvalue weighted by molar-refractivity contribution is 7.99. The van der Waals surface area contributed by atoms with Crippen molar-refractivity contribution >= 4 is 29.3 Å². The number of carbonyl (C=O) groups is 1. The predicted molar refractivity (Wildman–Crippen MR) is 105 cm³/mol. The second-order valence-electron chi connectivity index (χ2n) is 6.00. The van der Waals surface area contributed by atoms with Crippen LogP contribution in [0.2, 0.25) is 5.02 Å². The van der Waals surface area contributed by atoms with Gasteiger partial charge in [0.15, 0.2) is 5.16 Å². The molecule has 3 rings (SSSR count). The fraction of sp³-hybridized carbons (Fsp3) is 0.158. The molecule has 6 nitrogen and oxygen atoms in total. The predicted octanol–water partition coefficient (Wildman–Crippen LogP) is 3.98. The third-order valence-electron chi connectivity index (χ3n) is 3.99. The van der Waals surface area contributed by atoms with Crippen LogP contribution in [0.1, 0.15) is 17.2 Å². The summed E-state index contributed by atoms with van der Waals surface area (Å²) >= 11 is 7.25. The van der Waals surface area contributed by atoms with E-state index in [0.717, 1.165) is 35.1 Å². The topological polar surface area (TPSA) is 83.6 Å². The Hall–Kier alpha value is -2.96. The molecule has 0 fully saturated rings. The molecule has 0 aliphatic heterocycles. The monoisotopic (exact) mass is 433 g/mol. The molecule has 0 saturated heterocycles. The molecule has 0 aliphatic rings. The number of benzene rings is 2. The number of hydrogen-bond acceptors (Lipinski definition) is 5. The standard InChI is InChI=1S/C19H14ClF2N5OS/c1-11-2-4-13(7-15(11)20)27-10-24-26-19(27)29-9-18(28)25-17(8-23)14-5-3-12(21)6-16(14)22/h2-7,10,17H,9H2,1H3,(H,25,28). The van der Waals surface area contributed by atoms with E-state index in [0.29, 0.717) is 16.2 Å². The van der Waals surface area contributed by atoms with Crippen LogP contribution < -0.4 is 5.32 Å². The Bertz CT molecular complexity index is 1100. The normalized spacial score (nSPS) is 11.7. The van der Waals surface area contributed by atoms with E-state index in [2.05, 4.69) is 15.5 Å². The van der Waals surface area contributed by atoms with Crippen LogP contribution in [0.5, 0.6) is 0 Å². The summed E-state index contributed by atoms with van der Waals surface area (Å²) in [5.74, 6) is -2.26. The lowest BCUT2D eigenvalue weighted by Crippen LogP contribution is -2.29. The van der Waals surface area contributed by atoms with Crippen LogP contribution in [0, 0.1) is 29.9 Å². The molecular weight excluding hydrogens is 420 g/mol. The number of nitrogens with zero attached hydrogens (tertiary/aromatic N) is 4. The molecule has 10 heteroatoms. The van der Waals surface area contributed by atoms with Crippen LogP contribution in [0.4, 0.5) is 8.78 Å². The minimum atomic E-state index is -1.24. The van der Waals surface area contributed by atoms with Crippen molar-refractivity contribution in [3.63, 3.8) is 0 Å². The third-order valence-corrected chi connectivity index (χ3v) is 5.34. The first kappa shape index (κ1) is 20.8. The molecule has 1 heterocycles. The molecule has 1 N–H and O–H groups in total. The Labute approximate surface area is 174 Å². The van der Waals surface area contributed by atoms with E-state index in [1.54, 1.807) is 16.7 Å².